The molecule has 0 saturated heterocycles. The van der Waals surface area contributed by atoms with E-state index in [-0.39, 0.29) is 11.8 Å². The van der Waals surface area contributed by atoms with Crippen molar-refractivity contribution in [2.24, 2.45) is 5.73 Å². The molecule has 4 N–H and O–H groups in total. The van der Waals surface area contributed by atoms with Gasteiger partial charge in [0.25, 0.3) is 0 Å². The molecule has 0 saturated carbocycles. The molecule has 0 amide bonds. The molecule has 0 aromatic heterocycles. The molecule has 82 valence electrons. The number of hydrogen-bond acceptors (Lipinski definition) is 4. The van der Waals surface area contributed by atoms with Crippen LogP contribution < -0.4 is 16.2 Å². The van der Waals surface area contributed by atoms with Crippen LogP contribution in [0.25, 0.3) is 0 Å². The Hall–Kier alpha value is -2.15. The summed E-state index contributed by atoms with van der Waals surface area (Å²) >= 11 is 0. The average molecular weight is 215 g/mol. The minimum atomic E-state index is 0.00866. The van der Waals surface area contributed by atoms with Gasteiger partial charge in [-0.05, 0) is 12.5 Å². The number of nitrogens with zero attached hydrogens (tertiary/aromatic N) is 1. The van der Waals surface area contributed by atoms with Gasteiger partial charge in [0, 0.05) is 23.2 Å². The summed E-state index contributed by atoms with van der Waals surface area (Å²) in [6, 6.07) is 7.54. The van der Waals surface area contributed by atoms with Crippen molar-refractivity contribution >= 4 is 5.69 Å². The van der Waals surface area contributed by atoms with Crippen molar-refractivity contribution in [2.75, 3.05) is 5.73 Å². The van der Waals surface area contributed by atoms with Crippen LogP contribution in [-0.2, 0) is 0 Å². The summed E-state index contributed by atoms with van der Waals surface area (Å²) in [5.74, 6) is 0.852. The van der Waals surface area contributed by atoms with Crippen LogP contribution in [0.4, 0.5) is 5.69 Å². The Morgan fingerprint density at radius 2 is 2.19 bits per heavy atom. The molecule has 1 aliphatic rings. The fourth-order valence-electron chi connectivity index (χ4n) is 1.98. The number of benzene rings is 1. The van der Waals surface area contributed by atoms with E-state index in [1.807, 2.05) is 13.0 Å². The molecule has 1 aliphatic heterocycles. The van der Waals surface area contributed by atoms with Gasteiger partial charge in [-0.25, -0.2) is 0 Å². The number of nitrogens with two attached hydrogens (primary N) is 2. The zero-order valence-corrected chi connectivity index (χ0v) is 9.03. The molecule has 4 nitrogen and oxygen atoms in total. The molecule has 1 atom stereocenters. The summed E-state index contributed by atoms with van der Waals surface area (Å²) in [4.78, 5) is 0. The van der Waals surface area contributed by atoms with E-state index >= 15 is 0 Å². The lowest BCUT2D eigenvalue weighted by Gasteiger charge is -2.25. The summed E-state index contributed by atoms with van der Waals surface area (Å²) in [6.45, 7) is 2.01. The second-order valence-corrected chi connectivity index (χ2v) is 3.75. The molecule has 0 spiro atoms. The number of allylic oxidation sites excluding steroid dienone is 1. The first-order valence-electron chi connectivity index (χ1n) is 5.14. The van der Waals surface area contributed by atoms with Gasteiger partial charge >= 0.3 is 0 Å². The lowest BCUT2D eigenvalue weighted by atomic mass is 9.87. The van der Waals surface area contributed by atoms with Crippen molar-refractivity contribution in [3.05, 3.63) is 35.2 Å². The van der Waals surface area contributed by atoms with E-state index in [1.165, 1.54) is 0 Å². The molecule has 0 fully saturated rings. The van der Waals surface area contributed by atoms with Crippen LogP contribution in [0.3, 0.4) is 0 Å². The monoisotopic (exact) mass is 215 g/mol. The molecular weight excluding hydrogens is 202 g/mol. The van der Waals surface area contributed by atoms with E-state index in [1.54, 1.807) is 12.1 Å². The molecule has 2 rings (SSSR count). The maximum Gasteiger partial charge on any atom is 0.205 e. The van der Waals surface area contributed by atoms with Gasteiger partial charge in [-0.15, -0.1) is 0 Å². The first-order chi connectivity index (χ1) is 7.67. The van der Waals surface area contributed by atoms with Gasteiger partial charge in [0.2, 0.25) is 5.88 Å². The van der Waals surface area contributed by atoms with E-state index < -0.39 is 0 Å². The van der Waals surface area contributed by atoms with Crippen molar-refractivity contribution < 1.29 is 4.74 Å². The highest BCUT2D eigenvalue weighted by Gasteiger charge is 2.27. The van der Waals surface area contributed by atoms with Crippen LogP contribution in [-0.4, -0.2) is 0 Å². The zero-order chi connectivity index (χ0) is 11.7. The Kier molecular flexibility index (Phi) is 2.45. The Morgan fingerprint density at radius 1 is 1.44 bits per heavy atom. The van der Waals surface area contributed by atoms with Crippen molar-refractivity contribution in [1.82, 2.24) is 0 Å². The maximum atomic E-state index is 9.05. The third-order valence-corrected chi connectivity index (χ3v) is 2.78. The molecule has 0 aliphatic carbocycles. The van der Waals surface area contributed by atoms with Crippen LogP contribution in [0, 0.1) is 11.3 Å². The van der Waals surface area contributed by atoms with Gasteiger partial charge in [0.1, 0.15) is 11.8 Å². The maximum absolute atomic E-state index is 9.05. The largest absolute Gasteiger partial charge is 0.440 e. The number of hydrogen-bond donors (Lipinski definition) is 2. The minimum absolute atomic E-state index is 0.00866. The minimum Gasteiger partial charge on any atom is -0.440 e. The highest BCUT2D eigenvalue weighted by atomic mass is 16.5. The second kappa shape index (κ2) is 3.78. The summed E-state index contributed by atoms with van der Waals surface area (Å²) < 4.78 is 5.40. The summed E-state index contributed by atoms with van der Waals surface area (Å²) in [7, 11) is 0. The standard InChI is InChI=1S/C12H13N3O/c1-2-8-9-4-3-7(14)5-11(9)16-12(15)10(8)6-13/h3-5,8H,2,14-15H2,1H3. The van der Waals surface area contributed by atoms with Gasteiger partial charge in [0.15, 0.2) is 0 Å². The van der Waals surface area contributed by atoms with Crippen molar-refractivity contribution in [3.8, 4) is 11.8 Å². The van der Waals surface area contributed by atoms with E-state index in [4.69, 9.17) is 21.5 Å². The lowest BCUT2D eigenvalue weighted by Crippen LogP contribution is -2.20. The van der Waals surface area contributed by atoms with Gasteiger partial charge in [-0.1, -0.05) is 13.0 Å². The number of rotatable bonds is 1. The molecule has 1 unspecified atom stereocenters. The Morgan fingerprint density at radius 3 is 2.81 bits per heavy atom. The molecule has 0 radical (unpaired) electrons. The average Bonchev–Trinajstić information content (AvgIpc) is 2.26. The first-order valence-corrected chi connectivity index (χ1v) is 5.14. The van der Waals surface area contributed by atoms with E-state index in [0.717, 1.165) is 12.0 Å². The van der Waals surface area contributed by atoms with Crippen LogP contribution in [0.1, 0.15) is 24.8 Å². The number of anilines is 1. The molecule has 0 bridgehead atoms. The SMILES string of the molecule is CCC1C(C#N)=C(N)Oc2cc(N)ccc21. The predicted molar refractivity (Wildman–Crippen MR) is 61.3 cm³/mol. The molecule has 1 heterocycles. The third-order valence-electron chi connectivity index (χ3n) is 2.78. The van der Waals surface area contributed by atoms with Gasteiger partial charge in [-0.2, -0.15) is 5.26 Å². The topological polar surface area (TPSA) is 85.1 Å². The van der Waals surface area contributed by atoms with Gasteiger partial charge < -0.3 is 16.2 Å². The smallest absolute Gasteiger partial charge is 0.205 e. The lowest BCUT2D eigenvalue weighted by molar-refractivity contribution is 0.387. The molecule has 4 heteroatoms. The predicted octanol–water partition coefficient (Wildman–Crippen LogP) is 1.85. The second-order valence-electron chi connectivity index (χ2n) is 3.75. The van der Waals surface area contributed by atoms with Gasteiger partial charge in [0.05, 0.1) is 5.57 Å². The van der Waals surface area contributed by atoms with Gasteiger partial charge in [-0.3, -0.25) is 0 Å². The molecule has 1 aromatic rings. The summed E-state index contributed by atoms with van der Waals surface area (Å²) in [5, 5.41) is 9.05. The Balaban J connectivity index is 2.56. The Labute approximate surface area is 94.1 Å². The zero-order valence-electron chi connectivity index (χ0n) is 9.03. The van der Waals surface area contributed by atoms with Crippen molar-refractivity contribution in [1.29, 1.82) is 5.26 Å². The van der Waals surface area contributed by atoms with E-state index in [0.29, 0.717) is 17.0 Å². The fourth-order valence-corrected chi connectivity index (χ4v) is 1.98. The highest BCUT2D eigenvalue weighted by molar-refractivity contribution is 5.55. The molecule has 1 aromatic carbocycles. The van der Waals surface area contributed by atoms with Crippen LogP contribution in [0.2, 0.25) is 0 Å². The summed E-state index contributed by atoms with van der Waals surface area (Å²) in [5.41, 5.74) is 13.5. The number of fused-ring (bicyclic) bond motifs is 1. The Bertz CT molecular complexity index is 499. The van der Waals surface area contributed by atoms with Crippen LogP contribution in [0.15, 0.2) is 29.7 Å². The highest BCUT2D eigenvalue weighted by Crippen LogP contribution is 2.40. The quantitative estimate of drug-likeness (QED) is 0.700. The number of nitrogen functional groups attached to an aromatic ring is 1. The van der Waals surface area contributed by atoms with E-state index in [2.05, 4.69) is 6.07 Å². The number of nitriles is 1. The van der Waals surface area contributed by atoms with Crippen molar-refractivity contribution in [3.63, 3.8) is 0 Å². The van der Waals surface area contributed by atoms with Crippen molar-refractivity contribution in [2.45, 2.75) is 19.3 Å². The van der Waals surface area contributed by atoms with E-state index in [9.17, 15) is 0 Å². The third kappa shape index (κ3) is 1.47. The first kappa shape index (κ1) is 10.4. The molecule has 16 heavy (non-hydrogen) atoms. The van der Waals surface area contributed by atoms with Crippen LogP contribution in [0.5, 0.6) is 5.75 Å². The van der Waals surface area contributed by atoms with Crippen LogP contribution >= 0.6 is 0 Å². The fraction of sp³-hybridized carbons (Fsp3) is 0.250. The molecular formula is C12H13N3O. The number of ether oxygens (including phenoxy) is 1. The normalized spacial score (nSPS) is 18.6. The summed E-state index contributed by atoms with van der Waals surface area (Å²) in [6.07, 6.45) is 0.809.